The third kappa shape index (κ3) is 10.8. The van der Waals surface area contributed by atoms with Gasteiger partial charge in [-0.25, -0.2) is 0 Å². The Labute approximate surface area is 112 Å². The van der Waals surface area contributed by atoms with Gasteiger partial charge < -0.3 is 4.90 Å². The van der Waals surface area contributed by atoms with Crippen molar-refractivity contribution in [1.82, 2.24) is 4.90 Å². The molecule has 1 atom stereocenters. The predicted octanol–water partition coefficient (Wildman–Crippen LogP) is 3.46. The van der Waals surface area contributed by atoms with Crippen molar-refractivity contribution >= 4 is 17.5 Å². The molecule has 3 heteroatoms. The fraction of sp³-hybridized carbons (Fsp3) is 0.929. The number of thioether (sulfide) groups is 1. The van der Waals surface area contributed by atoms with Gasteiger partial charge in [0.1, 0.15) is 5.78 Å². The number of rotatable bonds is 8. The first-order chi connectivity index (χ1) is 7.74. The minimum atomic E-state index is 0.268. The normalized spacial score (nSPS) is 14.1. The lowest BCUT2D eigenvalue weighted by Gasteiger charge is -2.21. The maximum Gasteiger partial charge on any atom is 0.134 e. The molecule has 0 N–H and O–H groups in total. The maximum absolute atomic E-state index is 11.9. The Morgan fingerprint density at radius 1 is 1.29 bits per heavy atom. The van der Waals surface area contributed by atoms with Gasteiger partial charge in [-0.15, -0.1) is 0 Å². The second-order valence-corrected chi connectivity index (χ2v) is 7.72. The van der Waals surface area contributed by atoms with Gasteiger partial charge in [-0.05, 0) is 31.7 Å². The van der Waals surface area contributed by atoms with Gasteiger partial charge in [-0.2, -0.15) is 11.8 Å². The van der Waals surface area contributed by atoms with Crippen LogP contribution < -0.4 is 0 Å². The number of carbonyl (C=O) groups is 1. The van der Waals surface area contributed by atoms with Gasteiger partial charge >= 0.3 is 0 Å². The van der Waals surface area contributed by atoms with E-state index >= 15 is 0 Å². The Kier molecular flexibility index (Phi) is 8.14. The van der Waals surface area contributed by atoms with E-state index < -0.39 is 0 Å². The summed E-state index contributed by atoms with van der Waals surface area (Å²) < 4.78 is 0. The largest absolute Gasteiger partial charge is 0.308 e. The molecule has 0 aliphatic carbocycles. The number of ketones is 1. The van der Waals surface area contributed by atoms with Crippen molar-refractivity contribution in [3.8, 4) is 0 Å². The van der Waals surface area contributed by atoms with E-state index in [1.54, 1.807) is 0 Å². The van der Waals surface area contributed by atoms with Crippen molar-refractivity contribution in [3.63, 3.8) is 0 Å². The van der Waals surface area contributed by atoms with Gasteiger partial charge in [0, 0.05) is 24.6 Å². The summed E-state index contributed by atoms with van der Waals surface area (Å²) in [5.74, 6) is 1.51. The Hall–Kier alpha value is -0.0200. The van der Waals surface area contributed by atoms with E-state index in [2.05, 4.69) is 46.7 Å². The average Bonchev–Trinajstić information content (AvgIpc) is 2.13. The highest BCUT2D eigenvalue weighted by atomic mass is 32.2. The van der Waals surface area contributed by atoms with Crippen LogP contribution in [0.1, 0.15) is 47.0 Å². The summed E-state index contributed by atoms with van der Waals surface area (Å²) in [4.78, 5) is 14.1. The molecule has 0 saturated carbocycles. The summed E-state index contributed by atoms with van der Waals surface area (Å²) in [5, 5.41) is 0.461. The second kappa shape index (κ2) is 8.15. The Morgan fingerprint density at radius 2 is 1.88 bits per heavy atom. The van der Waals surface area contributed by atoms with E-state index in [-0.39, 0.29) is 5.41 Å². The predicted molar refractivity (Wildman–Crippen MR) is 78.8 cm³/mol. The number of nitrogens with zero attached hydrogens (tertiary/aromatic N) is 1. The van der Waals surface area contributed by atoms with Crippen LogP contribution >= 0.6 is 11.8 Å². The lowest BCUT2D eigenvalue weighted by molar-refractivity contribution is -0.119. The quantitative estimate of drug-likeness (QED) is 0.666. The summed E-state index contributed by atoms with van der Waals surface area (Å²) in [6.45, 7) is 9.74. The van der Waals surface area contributed by atoms with Gasteiger partial charge in [0.2, 0.25) is 0 Å². The summed E-state index contributed by atoms with van der Waals surface area (Å²) in [5.41, 5.74) is 0.268. The molecular formula is C14H29NOS. The lowest BCUT2D eigenvalue weighted by Crippen LogP contribution is -2.26. The van der Waals surface area contributed by atoms with Crippen molar-refractivity contribution in [2.45, 2.75) is 52.2 Å². The molecule has 2 nitrogen and oxygen atoms in total. The second-order valence-electron chi connectivity index (χ2n) is 6.14. The standard InChI is InChI=1S/C14H29NOS/c1-7-17-13(11-15(5)6)10-12(16)8-9-14(2,3)4/h13H,7-11H2,1-6H3. The first-order valence-electron chi connectivity index (χ1n) is 6.52. The fourth-order valence-corrected chi connectivity index (χ4v) is 2.87. The molecule has 0 aromatic carbocycles. The highest BCUT2D eigenvalue weighted by Gasteiger charge is 2.17. The van der Waals surface area contributed by atoms with Gasteiger partial charge in [-0.3, -0.25) is 4.79 Å². The molecule has 0 radical (unpaired) electrons. The zero-order chi connectivity index (χ0) is 13.5. The van der Waals surface area contributed by atoms with Crippen LogP contribution in [0.4, 0.5) is 0 Å². The summed E-state index contributed by atoms with van der Waals surface area (Å²) in [6.07, 6.45) is 2.46. The molecule has 0 rings (SSSR count). The maximum atomic E-state index is 11.9. The third-order valence-electron chi connectivity index (χ3n) is 2.58. The summed E-state index contributed by atoms with van der Waals surface area (Å²) in [6, 6.07) is 0. The molecule has 0 spiro atoms. The van der Waals surface area contributed by atoms with Gasteiger partial charge in [-0.1, -0.05) is 27.7 Å². The smallest absolute Gasteiger partial charge is 0.134 e. The molecule has 0 amide bonds. The van der Waals surface area contributed by atoms with Crippen LogP contribution in [0, 0.1) is 5.41 Å². The minimum Gasteiger partial charge on any atom is -0.308 e. The molecule has 17 heavy (non-hydrogen) atoms. The number of hydrogen-bond donors (Lipinski definition) is 0. The molecule has 0 heterocycles. The molecule has 0 aliphatic rings. The molecule has 0 bridgehead atoms. The van der Waals surface area contributed by atoms with Crippen LogP contribution in [0.25, 0.3) is 0 Å². The first-order valence-corrected chi connectivity index (χ1v) is 7.57. The van der Waals surface area contributed by atoms with Crippen LogP contribution in [0.3, 0.4) is 0 Å². The Morgan fingerprint density at radius 3 is 2.29 bits per heavy atom. The van der Waals surface area contributed by atoms with Gasteiger partial charge in [0.25, 0.3) is 0 Å². The van der Waals surface area contributed by atoms with Gasteiger partial charge in [0.05, 0.1) is 0 Å². The van der Waals surface area contributed by atoms with E-state index in [0.29, 0.717) is 11.0 Å². The number of hydrogen-bond acceptors (Lipinski definition) is 3. The molecule has 0 fully saturated rings. The first kappa shape index (κ1) is 17.0. The van der Waals surface area contributed by atoms with Crippen LogP contribution in [0.5, 0.6) is 0 Å². The molecular weight excluding hydrogens is 230 g/mol. The summed E-state index contributed by atoms with van der Waals surface area (Å²) >= 11 is 1.90. The SMILES string of the molecule is CCSC(CC(=O)CCC(C)(C)C)CN(C)C. The van der Waals surface area contributed by atoms with Crippen molar-refractivity contribution in [3.05, 3.63) is 0 Å². The topological polar surface area (TPSA) is 20.3 Å². The molecule has 1 unspecified atom stereocenters. The third-order valence-corrected chi connectivity index (χ3v) is 3.70. The van der Waals surface area contributed by atoms with E-state index in [9.17, 15) is 4.79 Å². The van der Waals surface area contributed by atoms with E-state index in [4.69, 9.17) is 0 Å². The highest BCUT2D eigenvalue weighted by molar-refractivity contribution is 7.99. The molecule has 102 valence electrons. The lowest BCUT2D eigenvalue weighted by atomic mass is 9.89. The Bertz CT molecular complexity index is 221. The van der Waals surface area contributed by atoms with E-state index in [0.717, 1.165) is 31.6 Å². The number of Topliss-reactive ketones (excluding diaryl/α,β-unsaturated/α-hetero) is 1. The monoisotopic (exact) mass is 259 g/mol. The van der Waals surface area contributed by atoms with Crippen molar-refractivity contribution in [1.29, 1.82) is 0 Å². The zero-order valence-electron chi connectivity index (χ0n) is 12.4. The fourth-order valence-electron chi connectivity index (χ4n) is 1.69. The Balaban J connectivity index is 4.03. The van der Waals surface area contributed by atoms with Crippen molar-refractivity contribution < 1.29 is 4.79 Å². The van der Waals surface area contributed by atoms with Crippen LogP contribution in [-0.2, 0) is 4.79 Å². The van der Waals surface area contributed by atoms with E-state index in [1.807, 2.05) is 11.8 Å². The molecule has 0 aliphatic heterocycles. The van der Waals surface area contributed by atoms with Crippen molar-refractivity contribution in [2.75, 3.05) is 26.4 Å². The summed E-state index contributed by atoms with van der Waals surface area (Å²) in [7, 11) is 4.14. The number of carbonyl (C=O) groups excluding carboxylic acids is 1. The molecule has 0 saturated heterocycles. The molecule has 0 aromatic heterocycles. The minimum absolute atomic E-state index is 0.268. The van der Waals surface area contributed by atoms with Crippen LogP contribution in [0.2, 0.25) is 0 Å². The average molecular weight is 259 g/mol. The van der Waals surface area contributed by atoms with Gasteiger partial charge in [0.15, 0.2) is 0 Å². The van der Waals surface area contributed by atoms with Crippen molar-refractivity contribution in [2.24, 2.45) is 5.41 Å². The van der Waals surface area contributed by atoms with Crippen LogP contribution in [-0.4, -0.2) is 42.3 Å². The van der Waals surface area contributed by atoms with E-state index in [1.165, 1.54) is 0 Å². The molecule has 0 aromatic rings. The zero-order valence-corrected chi connectivity index (χ0v) is 13.2. The highest BCUT2D eigenvalue weighted by Crippen LogP contribution is 2.23. The van der Waals surface area contributed by atoms with Crippen LogP contribution in [0.15, 0.2) is 0 Å².